The first-order chi connectivity index (χ1) is 8.30. The van der Waals surface area contributed by atoms with Gasteiger partial charge < -0.3 is 5.11 Å². The molecule has 0 amide bonds. The van der Waals surface area contributed by atoms with Gasteiger partial charge in [0.05, 0.1) is 17.1 Å². The molecule has 0 bridgehead atoms. The largest absolute Gasteiger partial charge is 0.481 e. The van der Waals surface area contributed by atoms with Crippen molar-refractivity contribution in [2.45, 2.75) is 19.0 Å². The first kappa shape index (κ1) is 12.3. The van der Waals surface area contributed by atoms with Crippen LogP contribution in [0.2, 0.25) is 0 Å². The van der Waals surface area contributed by atoms with Crippen molar-refractivity contribution in [3.63, 3.8) is 0 Å². The molecule has 0 aromatic carbocycles. The Morgan fingerprint density at radius 3 is 2.72 bits per heavy atom. The van der Waals surface area contributed by atoms with Gasteiger partial charge in [-0.3, -0.25) is 9.78 Å². The van der Waals surface area contributed by atoms with Crippen LogP contribution >= 0.6 is 0 Å². The van der Waals surface area contributed by atoms with E-state index in [1.807, 2.05) is 0 Å². The van der Waals surface area contributed by atoms with E-state index in [9.17, 15) is 18.0 Å². The summed E-state index contributed by atoms with van der Waals surface area (Å²) in [4.78, 5) is 14.7. The molecule has 0 aliphatic heterocycles. The Hall–Kier alpha value is -2.12. The van der Waals surface area contributed by atoms with Crippen LogP contribution in [-0.4, -0.2) is 25.7 Å². The number of hydrogen-bond acceptors (Lipinski definition) is 3. The number of alkyl halides is 3. The summed E-state index contributed by atoms with van der Waals surface area (Å²) in [5.41, 5.74) is -0.984. The van der Waals surface area contributed by atoms with Gasteiger partial charge in [0.15, 0.2) is 5.69 Å². The van der Waals surface area contributed by atoms with E-state index in [2.05, 4.69) is 10.1 Å². The maximum absolute atomic E-state index is 12.5. The van der Waals surface area contributed by atoms with Crippen LogP contribution in [0.4, 0.5) is 13.2 Å². The Balaban J connectivity index is 2.63. The summed E-state index contributed by atoms with van der Waals surface area (Å²) in [6.45, 7) is 1.35. The Morgan fingerprint density at radius 2 is 2.17 bits per heavy atom. The lowest BCUT2D eigenvalue weighted by molar-refractivity contribution is -0.141. The highest BCUT2D eigenvalue weighted by atomic mass is 19.4. The maximum Gasteiger partial charge on any atom is 0.435 e. The number of carboxylic acids is 1. The lowest BCUT2D eigenvalue weighted by Crippen LogP contribution is -2.10. The highest BCUT2D eigenvalue weighted by Gasteiger charge is 2.34. The standard InChI is InChI=1S/C10H8F3N3O2/c1-5(9(17)18)8-6-4-7(10(11,12)13)15-16(6)3-2-14-8/h2-5H,1H3,(H,17,18). The number of aromatic nitrogens is 3. The van der Waals surface area contributed by atoms with E-state index in [1.54, 1.807) is 0 Å². The first-order valence-electron chi connectivity index (χ1n) is 4.95. The predicted molar refractivity (Wildman–Crippen MR) is 54.0 cm³/mol. The summed E-state index contributed by atoms with van der Waals surface area (Å²) >= 11 is 0. The minimum Gasteiger partial charge on any atom is -0.481 e. The number of aliphatic carboxylic acids is 1. The molecule has 0 spiro atoms. The van der Waals surface area contributed by atoms with Gasteiger partial charge >= 0.3 is 12.1 Å². The normalized spacial score (nSPS) is 13.8. The average Bonchev–Trinajstić information content (AvgIpc) is 2.70. The molecule has 5 nitrogen and oxygen atoms in total. The molecular formula is C10H8F3N3O2. The van der Waals surface area contributed by atoms with Crippen molar-refractivity contribution in [1.82, 2.24) is 14.6 Å². The molecule has 0 fully saturated rings. The molecule has 0 aliphatic rings. The average molecular weight is 259 g/mol. The van der Waals surface area contributed by atoms with Crippen LogP contribution < -0.4 is 0 Å². The Morgan fingerprint density at radius 1 is 1.50 bits per heavy atom. The second-order valence-electron chi connectivity index (χ2n) is 3.73. The third-order valence-electron chi connectivity index (χ3n) is 2.49. The van der Waals surface area contributed by atoms with Gasteiger partial charge in [0.2, 0.25) is 0 Å². The number of nitrogens with zero attached hydrogens (tertiary/aromatic N) is 3. The molecule has 2 aromatic heterocycles. The van der Waals surface area contributed by atoms with Crippen molar-refractivity contribution in [1.29, 1.82) is 0 Å². The van der Waals surface area contributed by atoms with Crippen LogP contribution in [0, 0.1) is 0 Å². The second kappa shape index (κ2) is 3.97. The van der Waals surface area contributed by atoms with Crippen molar-refractivity contribution in [3.05, 3.63) is 29.8 Å². The van der Waals surface area contributed by atoms with Crippen LogP contribution in [0.25, 0.3) is 5.52 Å². The fourth-order valence-electron chi connectivity index (χ4n) is 1.53. The molecule has 0 saturated heterocycles. The topological polar surface area (TPSA) is 67.5 Å². The molecule has 0 radical (unpaired) electrons. The zero-order valence-corrected chi connectivity index (χ0v) is 9.14. The van der Waals surface area contributed by atoms with Gasteiger partial charge in [-0.15, -0.1) is 0 Å². The molecule has 96 valence electrons. The first-order valence-corrected chi connectivity index (χ1v) is 4.95. The molecule has 0 saturated carbocycles. The van der Waals surface area contributed by atoms with Crippen molar-refractivity contribution in [3.8, 4) is 0 Å². The Bertz CT molecular complexity index is 606. The molecule has 1 N–H and O–H groups in total. The Labute approximate surface area is 98.9 Å². The second-order valence-corrected chi connectivity index (χ2v) is 3.73. The van der Waals surface area contributed by atoms with E-state index in [1.165, 1.54) is 19.3 Å². The van der Waals surface area contributed by atoms with Crippen molar-refractivity contribution < 1.29 is 23.1 Å². The van der Waals surface area contributed by atoms with Crippen molar-refractivity contribution in [2.75, 3.05) is 0 Å². The lowest BCUT2D eigenvalue weighted by Gasteiger charge is -2.06. The zero-order valence-electron chi connectivity index (χ0n) is 9.14. The number of carboxylic acid groups (broad SMARTS) is 1. The minimum absolute atomic E-state index is 0.0414. The SMILES string of the molecule is CC(C(=O)O)c1nccn2nc(C(F)(F)F)cc12. The summed E-state index contributed by atoms with van der Waals surface area (Å²) in [6, 6.07) is 0.793. The summed E-state index contributed by atoms with van der Waals surface area (Å²) in [5, 5.41) is 12.2. The summed E-state index contributed by atoms with van der Waals surface area (Å²) in [5.74, 6) is -2.17. The van der Waals surface area contributed by atoms with Gasteiger partial charge in [0, 0.05) is 12.4 Å². The van der Waals surface area contributed by atoms with E-state index >= 15 is 0 Å². The van der Waals surface area contributed by atoms with E-state index in [-0.39, 0.29) is 11.2 Å². The highest BCUT2D eigenvalue weighted by molar-refractivity contribution is 5.78. The van der Waals surface area contributed by atoms with Gasteiger partial charge in [-0.05, 0) is 13.0 Å². The monoisotopic (exact) mass is 259 g/mol. The lowest BCUT2D eigenvalue weighted by atomic mass is 10.1. The molecule has 1 unspecified atom stereocenters. The molecule has 2 heterocycles. The van der Waals surface area contributed by atoms with Crippen molar-refractivity contribution in [2.24, 2.45) is 0 Å². The van der Waals surface area contributed by atoms with E-state index in [0.29, 0.717) is 0 Å². The van der Waals surface area contributed by atoms with Gasteiger partial charge in [0.1, 0.15) is 0 Å². The summed E-state index contributed by atoms with van der Waals surface area (Å²) < 4.78 is 38.5. The van der Waals surface area contributed by atoms with E-state index in [4.69, 9.17) is 5.11 Å². The van der Waals surface area contributed by atoms with Crippen LogP contribution in [0.1, 0.15) is 24.2 Å². The fraction of sp³-hybridized carbons (Fsp3) is 0.300. The van der Waals surface area contributed by atoms with Gasteiger partial charge in [-0.1, -0.05) is 0 Å². The van der Waals surface area contributed by atoms with Gasteiger partial charge in [-0.25, -0.2) is 4.52 Å². The zero-order chi connectivity index (χ0) is 13.5. The molecule has 2 rings (SSSR count). The van der Waals surface area contributed by atoms with Crippen LogP contribution in [-0.2, 0) is 11.0 Å². The van der Waals surface area contributed by atoms with Crippen molar-refractivity contribution >= 4 is 11.5 Å². The third-order valence-corrected chi connectivity index (χ3v) is 2.49. The molecule has 2 aromatic rings. The number of carbonyl (C=O) groups is 1. The highest BCUT2D eigenvalue weighted by Crippen LogP contribution is 2.30. The fourth-order valence-corrected chi connectivity index (χ4v) is 1.53. The van der Waals surface area contributed by atoms with E-state index < -0.39 is 23.8 Å². The predicted octanol–water partition coefficient (Wildman–Crippen LogP) is 1.94. The van der Waals surface area contributed by atoms with Gasteiger partial charge in [0.25, 0.3) is 0 Å². The smallest absolute Gasteiger partial charge is 0.435 e. The number of hydrogen-bond donors (Lipinski definition) is 1. The summed E-state index contributed by atoms with van der Waals surface area (Å²) in [6.07, 6.45) is -2.12. The van der Waals surface area contributed by atoms with E-state index in [0.717, 1.165) is 10.6 Å². The number of halogens is 3. The maximum atomic E-state index is 12.5. The summed E-state index contributed by atoms with van der Waals surface area (Å²) in [7, 11) is 0. The Kier molecular flexibility index (Phi) is 2.72. The third kappa shape index (κ3) is 2.01. The molecule has 18 heavy (non-hydrogen) atoms. The molecule has 8 heteroatoms. The van der Waals surface area contributed by atoms with Crippen LogP contribution in [0.5, 0.6) is 0 Å². The quantitative estimate of drug-likeness (QED) is 0.894. The number of fused-ring (bicyclic) bond motifs is 1. The number of rotatable bonds is 2. The minimum atomic E-state index is -4.57. The van der Waals surface area contributed by atoms with Crippen LogP contribution in [0.15, 0.2) is 18.5 Å². The molecular weight excluding hydrogens is 251 g/mol. The van der Waals surface area contributed by atoms with Gasteiger partial charge in [-0.2, -0.15) is 18.3 Å². The van der Waals surface area contributed by atoms with Crippen LogP contribution in [0.3, 0.4) is 0 Å². The molecule has 1 atom stereocenters. The molecule has 0 aliphatic carbocycles.